The van der Waals surface area contributed by atoms with E-state index in [1.807, 2.05) is 0 Å². The summed E-state index contributed by atoms with van der Waals surface area (Å²) in [7, 11) is 0. The predicted octanol–water partition coefficient (Wildman–Crippen LogP) is 2.23. The van der Waals surface area contributed by atoms with Gasteiger partial charge in [0.1, 0.15) is 0 Å². The molecule has 3 N–H and O–H groups in total. The smallest absolute Gasteiger partial charge is 0.0729 e. The zero-order valence-corrected chi connectivity index (χ0v) is 12.5. The van der Waals surface area contributed by atoms with Crippen LogP contribution in [0, 0.1) is 11.8 Å². The average molecular weight is 270 g/mol. The third kappa shape index (κ3) is 3.69. The van der Waals surface area contributed by atoms with Crippen LogP contribution in [-0.4, -0.2) is 31.5 Å². The van der Waals surface area contributed by atoms with E-state index in [0.29, 0.717) is 17.9 Å². The maximum atomic E-state index is 6.12. The average Bonchev–Trinajstić information content (AvgIpc) is 2.41. The van der Waals surface area contributed by atoms with Crippen LogP contribution in [0.3, 0.4) is 0 Å². The number of hydrazine groups is 1. The minimum Gasteiger partial charge on any atom is -0.381 e. The van der Waals surface area contributed by atoms with Gasteiger partial charge in [0, 0.05) is 25.9 Å². The Labute approximate surface area is 117 Å². The summed E-state index contributed by atoms with van der Waals surface area (Å²) < 4.78 is 11.6. The number of hydrogen-bond donors (Lipinski definition) is 2. The third-order valence-corrected chi connectivity index (χ3v) is 4.99. The van der Waals surface area contributed by atoms with Crippen LogP contribution in [-0.2, 0) is 9.47 Å². The molecule has 0 aromatic carbocycles. The van der Waals surface area contributed by atoms with Crippen molar-refractivity contribution in [2.45, 2.75) is 64.0 Å². The van der Waals surface area contributed by atoms with Gasteiger partial charge in [0.25, 0.3) is 0 Å². The predicted molar refractivity (Wildman–Crippen MR) is 76.6 cm³/mol. The highest BCUT2D eigenvalue weighted by atomic mass is 16.5. The van der Waals surface area contributed by atoms with Crippen LogP contribution in [0.1, 0.15) is 52.4 Å². The molecule has 19 heavy (non-hydrogen) atoms. The lowest BCUT2D eigenvalue weighted by atomic mass is 9.74. The number of nitrogens with two attached hydrogens (primary N) is 1. The van der Waals surface area contributed by atoms with E-state index < -0.39 is 0 Å². The Morgan fingerprint density at radius 1 is 1.32 bits per heavy atom. The molecular formula is C15H30N2O2. The van der Waals surface area contributed by atoms with E-state index >= 15 is 0 Å². The van der Waals surface area contributed by atoms with E-state index in [0.717, 1.165) is 45.5 Å². The van der Waals surface area contributed by atoms with Crippen molar-refractivity contribution in [1.82, 2.24) is 5.43 Å². The highest BCUT2D eigenvalue weighted by molar-refractivity contribution is 4.93. The van der Waals surface area contributed by atoms with Crippen molar-refractivity contribution in [1.29, 1.82) is 0 Å². The summed E-state index contributed by atoms with van der Waals surface area (Å²) in [5, 5.41) is 0. The van der Waals surface area contributed by atoms with Crippen LogP contribution in [0.4, 0.5) is 0 Å². The fourth-order valence-electron chi connectivity index (χ4n) is 3.86. The standard InChI is InChI=1S/C15H30N2O2/c1-3-4-12(2)14(17-16)13-5-8-19-15(11-13)6-9-18-10-7-15/h12-14,17H,3-11,16H2,1-2H3. The Bertz CT molecular complexity index is 261. The molecule has 2 fully saturated rings. The van der Waals surface area contributed by atoms with Gasteiger partial charge in [-0.25, -0.2) is 0 Å². The molecule has 2 saturated heterocycles. The lowest BCUT2D eigenvalue weighted by Gasteiger charge is -2.46. The second kappa shape index (κ2) is 7.02. The van der Waals surface area contributed by atoms with Crippen LogP contribution < -0.4 is 11.3 Å². The third-order valence-electron chi connectivity index (χ3n) is 4.99. The lowest BCUT2D eigenvalue weighted by Crippen LogP contribution is -2.52. The fourth-order valence-corrected chi connectivity index (χ4v) is 3.86. The van der Waals surface area contributed by atoms with Crippen LogP contribution in [0.2, 0.25) is 0 Å². The summed E-state index contributed by atoms with van der Waals surface area (Å²) in [5.41, 5.74) is 3.16. The first-order valence-corrected chi connectivity index (χ1v) is 7.88. The van der Waals surface area contributed by atoms with Gasteiger partial charge in [0.2, 0.25) is 0 Å². The van der Waals surface area contributed by atoms with Crippen LogP contribution in [0.15, 0.2) is 0 Å². The molecule has 0 amide bonds. The second-order valence-electron chi connectivity index (χ2n) is 6.36. The molecule has 2 aliphatic rings. The van der Waals surface area contributed by atoms with Gasteiger partial charge in [-0.05, 0) is 43.9 Å². The van der Waals surface area contributed by atoms with Gasteiger partial charge in [0.05, 0.1) is 5.60 Å². The monoisotopic (exact) mass is 270 g/mol. The van der Waals surface area contributed by atoms with Crippen molar-refractivity contribution in [3.05, 3.63) is 0 Å². The molecule has 0 aromatic rings. The second-order valence-corrected chi connectivity index (χ2v) is 6.36. The largest absolute Gasteiger partial charge is 0.381 e. The highest BCUT2D eigenvalue weighted by Gasteiger charge is 2.41. The van der Waals surface area contributed by atoms with Gasteiger partial charge in [-0.2, -0.15) is 0 Å². The Kier molecular flexibility index (Phi) is 5.63. The Morgan fingerprint density at radius 2 is 2.05 bits per heavy atom. The number of rotatable bonds is 5. The Hall–Kier alpha value is -0.160. The zero-order valence-electron chi connectivity index (χ0n) is 12.5. The van der Waals surface area contributed by atoms with Crippen molar-refractivity contribution in [3.8, 4) is 0 Å². The molecule has 0 radical (unpaired) electrons. The molecule has 0 bridgehead atoms. The van der Waals surface area contributed by atoms with Gasteiger partial charge in [0.15, 0.2) is 0 Å². The quantitative estimate of drug-likeness (QED) is 0.594. The summed E-state index contributed by atoms with van der Waals surface area (Å²) in [5.74, 6) is 7.11. The van der Waals surface area contributed by atoms with E-state index in [-0.39, 0.29) is 5.60 Å². The van der Waals surface area contributed by atoms with E-state index in [2.05, 4.69) is 19.3 Å². The molecule has 2 aliphatic heterocycles. The number of nitrogens with one attached hydrogen (secondary N) is 1. The summed E-state index contributed by atoms with van der Waals surface area (Å²) >= 11 is 0. The first-order chi connectivity index (χ1) is 9.21. The minimum absolute atomic E-state index is 0.0716. The van der Waals surface area contributed by atoms with Gasteiger partial charge < -0.3 is 9.47 Å². The molecule has 4 nitrogen and oxygen atoms in total. The van der Waals surface area contributed by atoms with Gasteiger partial charge >= 0.3 is 0 Å². The number of ether oxygens (including phenoxy) is 2. The van der Waals surface area contributed by atoms with Gasteiger partial charge in [-0.15, -0.1) is 0 Å². The van der Waals surface area contributed by atoms with Crippen molar-refractivity contribution in [2.24, 2.45) is 17.7 Å². The normalized spacial score (nSPS) is 30.2. The van der Waals surface area contributed by atoms with E-state index in [9.17, 15) is 0 Å². The van der Waals surface area contributed by atoms with Crippen LogP contribution in [0.5, 0.6) is 0 Å². The molecule has 1 spiro atoms. The molecule has 0 saturated carbocycles. The Balaban J connectivity index is 1.98. The highest BCUT2D eigenvalue weighted by Crippen LogP contribution is 2.39. The van der Waals surface area contributed by atoms with E-state index in [1.165, 1.54) is 12.8 Å². The molecule has 3 unspecified atom stereocenters. The van der Waals surface area contributed by atoms with Crippen molar-refractivity contribution < 1.29 is 9.47 Å². The van der Waals surface area contributed by atoms with E-state index in [4.69, 9.17) is 15.3 Å². The Morgan fingerprint density at radius 3 is 2.68 bits per heavy atom. The topological polar surface area (TPSA) is 56.5 Å². The summed E-state index contributed by atoms with van der Waals surface area (Å²) in [6.45, 7) is 7.13. The van der Waals surface area contributed by atoms with E-state index in [1.54, 1.807) is 0 Å². The molecule has 2 rings (SSSR count). The van der Waals surface area contributed by atoms with Gasteiger partial charge in [-0.3, -0.25) is 11.3 Å². The summed E-state index contributed by atoms with van der Waals surface area (Å²) in [4.78, 5) is 0. The maximum Gasteiger partial charge on any atom is 0.0729 e. The molecule has 2 heterocycles. The van der Waals surface area contributed by atoms with Crippen LogP contribution >= 0.6 is 0 Å². The molecule has 3 atom stereocenters. The SMILES string of the molecule is CCCC(C)C(NN)C1CCOC2(CCOCC2)C1. The molecule has 4 heteroatoms. The first-order valence-electron chi connectivity index (χ1n) is 7.88. The minimum atomic E-state index is 0.0716. The van der Waals surface area contributed by atoms with Crippen molar-refractivity contribution >= 4 is 0 Å². The fraction of sp³-hybridized carbons (Fsp3) is 1.00. The zero-order chi connectivity index (χ0) is 13.7. The van der Waals surface area contributed by atoms with Crippen molar-refractivity contribution in [3.63, 3.8) is 0 Å². The molecular weight excluding hydrogens is 240 g/mol. The molecule has 0 aromatic heterocycles. The molecule has 0 aliphatic carbocycles. The van der Waals surface area contributed by atoms with Gasteiger partial charge in [-0.1, -0.05) is 20.3 Å². The molecule has 112 valence electrons. The first kappa shape index (κ1) is 15.2. The maximum absolute atomic E-state index is 6.12. The number of hydrogen-bond acceptors (Lipinski definition) is 4. The summed E-state index contributed by atoms with van der Waals surface area (Å²) in [6.07, 6.45) is 6.82. The van der Waals surface area contributed by atoms with Crippen molar-refractivity contribution in [2.75, 3.05) is 19.8 Å². The van der Waals surface area contributed by atoms with Crippen LogP contribution in [0.25, 0.3) is 0 Å². The lowest BCUT2D eigenvalue weighted by molar-refractivity contribution is -0.151. The summed E-state index contributed by atoms with van der Waals surface area (Å²) in [6, 6.07) is 0.420.